The van der Waals surface area contributed by atoms with E-state index in [1.54, 1.807) is 0 Å². The van der Waals surface area contributed by atoms with E-state index in [4.69, 9.17) is 11.1 Å². The van der Waals surface area contributed by atoms with E-state index >= 15 is 4.39 Å². The molecule has 1 unspecified atom stereocenters. The van der Waals surface area contributed by atoms with Gasteiger partial charge in [-0.05, 0) is 54.7 Å². The third-order valence-corrected chi connectivity index (χ3v) is 5.34. The summed E-state index contributed by atoms with van der Waals surface area (Å²) in [5.74, 6) is 0.922. The molecule has 1 aromatic carbocycles. The van der Waals surface area contributed by atoms with Gasteiger partial charge >= 0.3 is 0 Å². The van der Waals surface area contributed by atoms with Crippen LogP contribution in [-0.2, 0) is 6.42 Å². The predicted octanol–water partition coefficient (Wildman–Crippen LogP) is 3.93. The summed E-state index contributed by atoms with van der Waals surface area (Å²) < 4.78 is 15.5. The third-order valence-electron chi connectivity index (χ3n) is 5.34. The van der Waals surface area contributed by atoms with E-state index in [2.05, 4.69) is 33.5 Å². The second-order valence-electron chi connectivity index (χ2n) is 7.40. The molecule has 1 heterocycles. The lowest BCUT2D eigenvalue weighted by molar-refractivity contribution is 0.411. The Morgan fingerprint density at radius 2 is 2.18 bits per heavy atom. The molecule has 0 amide bonds. The topological polar surface area (TPSA) is 100 Å². The molecule has 1 saturated carbocycles. The molecule has 0 aliphatic heterocycles. The van der Waals surface area contributed by atoms with Crippen molar-refractivity contribution in [2.24, 2.45) is 11.0 Å². The lowest BCUT2D eigenvalue weighted by Crippen LogP contribution is -2.18. The van der Waals surface area contributed by atoms with Gasteiger partial charge < -0.3 is 16.6 Å². The number of nitrogen functional groups attached to an aromatic ring is 1. The number of benzene rings is 1. The highest BCUT2D eigenvalue weighted by molar-refractivity contribution is 6.14. The Kier molecular flexibility index (Phi) is 6.68. The first-order valence-electron chi connectivity index (χ1n) is 9.74. The van der Waals surface area contributed by atoms with Crippen LogP contribution in [0.5, 0.6) is 0 Å². The summed E-state index contributed by atoms with van der Waals surface area (Å²) >= 11 is 0. The monoisotopic (exact) mass is 382 g/mol. The van der Waals surface area contributed by atoms with Gasteiger partial charge in [0.05, 0.1) is 24.3 Å². The summed E-state index contributed by atoms with van der Waals surface area (Å²) in [5.41, 5.74) is 11.5. The van der Waals surface area contributed by atoms with E-state index in [0.717, 1.165) is 36.6 Å². The Morgan fingerprint density at radius 3 is 2.82 bits per heavy atom. The summed E-state index contributed by atoms with van der Waals surface area (Å²) in [4.78, 5) is 8.29. The molecule has 1 fully saturated rings. The number of hydrogen-bond acceptors (Lipinski definition) is 6. The highest BCUT2D eigenvalue weighted by Gasteiger charge is 2.25. The Morgan fingerprint density at radius 1 is 1.36 bits per heavy atom. The maximum absolute atomic E-state index is 15.5. The fourth-order valence-corrected chi connectivity index (χ4v) is 3.46. The van der Waals surface area contributed by atoms with Gasteiger partial charge in [-0.1, -0.05) is 19.4 Å². The zero-order valence-electron chi connectivity index (χ0n) is 16.2. The molecule has 1 aliphatic carbocycles. The molecule has 148 valence electrons. The van der Waals surface area contributed by atoms with E-state index in [9.17, 15) is 0 Å². The van der Waals surface area contributed by atoms with Crippen LogP contribution in [0.15, 0.2) is 29.6 Å². The van der Waals surface area contributed by atoms with Crippen molar-refractivity contribution in [2.45, 2.75) is 44.9 Å². The fraction of sp³-hybridized carbons (Fsp3) is 0.429. The highest BCUT2D eigenvalue weighted by Crippen LogP contribution is 2.40. The third kappa shape index (κ3) is 4.71. The van der Waals surface area contributed by atoms with Crippen molar-refractivity contribution in [2.75, 3.05) is 12.3 Å². The smallest absolute Gasteiger partial charge is 0.141 e. The van der Waals surface area contributed by atoms with E-state index in [1.807, 2.05) is 6.07 Å². The molecule has 0 saturated heterocycles. The van der Waals surface area contributed by atoms with Crippen molar-refractivity contribution in [1.82, 2.24) is 15.4 Å². The van der Waals surface area contributed by atoms with E-state index < -0.39 is 0 Å². The van der Waals surface area contributed by atoms with Gasteiger partial charge in [0.15, 0.2) is 0 Å². The van der Waals surface area contributed by atoms with Gasteiger partial charge in [0.2, 0.25) is 0 Å². The van der Waals surface area contributed by atoms with Crippen molar-refractivity contribution in [3.8, 4) is 11.3 Å². The molecule has 4 N–H and O–H groups in total. The van der Waals surface area contributed by atoms with Crippen LogP contribution in [0.25, 0.3) is 11.3 Å². The Hall–Kier alpha value is -2.83. The molecule has 0 spiro atoms. The Balaban J connectivity index is 1.80. The van der Waals surface area contributed by atoms with Crippen LogP contribution in [0, 0.1) is 17.1 Å². The van der Waals surface area contributed by atoms with Gasteiger partial charge in [-0.15, -0.1) is 0 Å². The van der Waals surface area contributed by atoms with Crippen LogP contribution in [0.4, 0.5) is 10.2 Å². The van der Waals surface area contributed by atoms with Crippen LogP contribution >= 0.6 is 0 Å². The van der Waals surface area contributed by atoms with E-state index in [-0.39, 0.29) is 5.82 Å². The zero-order valence-corrected chi connectivity index (χ0v) is 16.2. The summed E-state index contributed by atoms with van der Waals surface area (Å²) in [5, 5.41) is 10.8. The first kappa shape index (κ1) is 19.9. The SMILES string of the molecule is CC(CCc1c(C2CCC2)ccc(-c2cnc(N)cn2)c1F)CN/N=C\C=N. The lowest BCUT2D eigenvalue weighted by atomic mass is 9.76. The first-order valence-corrected chi connectivity index (χ1v) is 9.74. The molecule has 6 nitrogen and oxygen atoms in total. The maximum atomic E-state index is 15.5. The molecule has 0 bridgehead atoms. The number of aromatic nitrogens is 2. The minimum atomic E-state index is -0.189. The quantitative estimate of drug-likeness (QED) is 0.452. The second kappa shape index (κ2) is 9.39. The van der Waals surface area contributed by atoms with Gasteiger partial charge in [-0.3, -0.25) is 4.98 Å². The predicted molar refractivity (Wildman–Crippen MR) is 111 cm³/mol. The van der Waals surface area contributed by atoms with Crippen molar-refractivity contribution < 1.29 is 4.39 Å². The average molecular weight is 382 g/mol. The molecule has 1 aliphatic rings. The summed E-state index contributed by atoms with van der Waals surface area (Å²) in [6.07, 6.45) is 10.5. The van der Waals surface area contributed by atoms with Gasteiger partial charge in [0.25, 0.3) is 0 Å². The second-order valence-corrected chi connectivity index (χ2v) is 7.40. The van der Waals surface area contributed by atoms with Crippen LogP contribution in [-0.4, -0.2) is 28.9 Å². The molecule has 28 heavy (non-hydrogen) atoms. The van der Waals surface area contributed by atoms with Gasteiger partial charge in [0, 0.05) is 18.3 Å². The summed E-state index contributed by atoms with van der Waals surface area (Å²) in [6.45, 7) is 2.80. The molecule has 0 radical (unpaired) electrons. The van der Waals surface area contributed by atoms with Crippen molar-refractivity contribution in [3.63, 3.8) is 0 Å². The molecule has 2 aromatic rings. The van der Waals surface area contributed by atoms with Crippen molar-refractivity contribution >= 4 is 18.2 Å². The maximum Gasteiger partial charge on any atom is 0.141 e. The number of nitrogens with one attached hydrogen (secondary N) is 2. The van der Waals surface area contributed by atoms with Gasteiger partial charge in [-0.25, -0.2) is 9.37 Å². The van der Waals surface area contributed by atoms with Gasteiger partial charge in [-0.2, -0.15) is 5.10 Å². The van der Waals surface area contributed by atoms with Gasteiger partial charge in [0.1, 0.15) is 11.6 Å². The summed E-state index contributed by atoms with van der Waals surface area (Å²) in [7, 11) is 0. The van der Waals surface area contributed by atoms with Crippen molar-refractivity contribution in [1.29, 1.82) is 5.41 Å². The van der Waals surface area contributed by atoms with E-state index in [1.165, 1.54) is 25.0 Å². The van der Waals surface area contributed by atoms with Crippen molar-refractivity contribution in [3.05, 3.63) is 41.5 Å². The first-order chi connectivity index (χ1) is 13.6. The molecular formula is C21H27FN6. The Labute approximate surface area is 165 Å². The largest absolute Gasteiger partial charge is 0.382 e. The number of nitrogens with two attached hydrogens (primary N) is 1. The van der Waals surface area contributed by atoms with Crippen LogP contribution < -0.4 is 11.2 Å². The number of hydrogen-bond donors (Lipinski definition) is 3. The molecule has 3 rings (SSSR count). The minimum Gasteiger partial charge on any atom is -0.382 e. The zero-order chi connectivity index (χ0) is 19.9. The lowest BCUT2D eigenvalue weighted by Gasteiger charge is -2.29. The fourth-order valence-electron chi connectivity index (χ4n) is 3.46. The number of anilines is 1. The normalized spacial score (nSPS) is 15.4. The summed E-state index contributed by atoms with van der Waals surface area (Å²) in [6, 6.07) is 3.89. The van der Waals surface area contributed by atoms with Crippen LogP contribution in [0.1, 0.15) is 49.7 Å². The number of halogens is 1. The molecule has 1 aromatic heterocycles. The van der Waals surface area contributed by atoms with Crippen LogP contribution in [0.3, 0.4) is 0 Å². The van der Waals surface area contributed by atoms with E-state index in [0.29, 0.717) is 41.9 Å². The average Bonchev–Trinajstić information content (AvgIpc) is 2.64. The van der Waals surface area contributed by atoms with Crippen LogP contribution in [0.2, 0.25) is 0 Å². The number of rotatable bonds is 9. The molecule has 1 atom stereocenters. The molecular weight excluding hydrogens is 355 g/mol. The Bertz CT molecular complexity index is 830. The number of nitrogens with zero attached hydrogens (tertiary/aromatic N) is 3. The highest BCUT2D eigenvalue weighted by atomic mass is 19.1. The number of hydrazone groups is 1. The standard InChI is InChI=1S/C21H27FN6/c1-14(11-28-27-10-9-23)5-6-17-16(15-3-2-4-15)7-8-18(21(17)22)19-12-26-20(24)13-25-19/h7-10,12-15,23,28H,2-6,11H2,1H3,(H2,24,26)/b23-9?,27-10-. The minimum absolute atomic E-state index is 0.189. The molecule has 7 heteroatoms.